The van der Waals surface area contributed by atoms with E-state index in [1.165, 1.54) is 109 Å². The van der Waals surface area contributed by atoms with Gasteiger partial charge in [0.2, 0.25) is 0 Å². The van der Waals surface area contributed by atoms with E-state index in [0.29, 0.717) is 25.7 Å². The van der Waals surface area contributed by atoms with Gasteiger partial charge in [0.1, 0.15) is 0 Å². The molecule has 4 heteroatoms. The monoisotopic (exact) mass is 498 g/mol. The first kappa shape index (κ1) is 32.9. The normalized spacial score (nSPS) is 23.0. The number of aliphatic hydroxyl groups is 4. The second kappa shape index (κ2) is 21.9. The highest BCUT2D eigenvalue weighted by Gasteiger charge is 2.48. The van der Waals surface area contributed by atoms with Gasteiger partial charge in [-0.25, -0.2) is 0 Å². The van der Waals surface area contributed by atoms with Crippen molar-refractivity contribution in [3.63, 3.8) is 0 Å². The van der Waals surface area contributed by atoms with Crippen molar-refractivity contribution < 1.29 is 20.4 Å². The minimum Gasteiger partial charge on any atom is -0.396 e. The fourth-order valence-electron chi connectivity index (χ4n) is 7.13. The maximum Gasteiger partial charge on any atom is 0.0436 e. The largest absolute Gasteiger partial charge is 0.396 e. The summed E-state index contributed by atoms with van der Waals surface area (Å²) in [6, 6.07) is 0. The molecule has 1 saturated carbocycles. The van der Waals surface area contributed by atoms with Crippen LogP contribution in [0.1, 0.15) is 161 Å². The predicted octanol–water partition coefficient (Wildman–Crippen LogP) is 7.69. The standard InChI is InChI=1S/C31H62O4/c32-26-22-30(23-27-33)20-18-16-14-12-10-8-6-4-2-1-3-5-7-9-11-13-15-17-19-21-31(30,24-28-34)25-29-35/h32-35H,1-29H2. The SMILES string of the molecule is OCCC1(CCO)CCCCCCCCCCCCCCCCCCCCCC1(CCO)CCO. The fourth-order valence-corrected chi connectivity index (χ4v) is 7.13. The van der Waals surface area contributed by atoms with Crippen molar-refractivity contribution in [3.8, 4) is 0 Å². The molecule has 1 aliphatic rings. The third-order valence-corrected chi connectivity index (χ3v) is 9.30. The van der Waals surface area contributed by atoms with E-state index >= 15 is 0 Å². The highest BCUT2D eigenvalue weighted by molar-refractivity contribution is 4.98. The molecule has 0 bridgehead atoms. The molecule has 1 rings (SSSR count). The lowest BCUT2D eigenvalue weighted by atomic mass is 9.53. The van der Waals surface area contributed by atoms with Crippen LogP contribution in [0.15, 0.2) is 0 Å². The van der Waals surface area contributed by atoms with Crippen LogP contribution in [-0.2, 0) is 0 Å². The zero-order chi connectivity index (χ0) is 25.5. The van der Waals surface area contributed by atoms with Crippen LogP contribution >= 0.6 is 0 Å². The van der Waals surface area contributed by atoms with Crippen molar-refractivity contribution in [1.82, 2.24) is 0 Å². The third-order valence-electron chi connectivity index (χ3n) is 9.30. The van der Waals surface area contributed by atoms with Crippen molar-refractivity contribution in [3.05, 3.63) is 0 Å². The molecule has 0 heterocycles. The highest BCUT2D eigenvalue weighted by Crippen LogP contribution is 2.56. The number of rotatable bonds is 8. The molecule has 0 aliphatic heterocycles. The zero-order valence-electron chi connectivity index (χ0n) is 23.3. The third kappa shape index (κ3) is 13.3. The Balaban J connectivity index is 2.88. The topological polar surface area (TPSA) is 80.9 Å². The van der Waals surface area contributed by atoms with Gasteiger partial charge in [-0.2, -0.15) is 0 Å². The molecular formula is C31H62O4. The van der Waals surface area contributed by atoms with Crippen LogP contribution in [0.4, 0.5) is 0 Å². The Hall–Kier alpha value is -0.160. The van der Waals surface area contributed by atoms with Gasteiger partial charge >= 0.3 is 0 Å². The van der Waals surface area contributed by atoms with E-state index in [9.17, 15) is 20.4 Å². The van der Waals surface area contributed by atoms with E-state index < -0.39 is 0 Å². The lowest BCUT2D eigenvalue weighted by Gasteiger charge is -2.52. The smallest absolute Gasteiger partial charge is 0.0436 e. The van der Waals surface area contributed by atoms with Crippen LogP contribution < -0.4 is 0 Å². The molecule has 0 aromatic rings. The quantitative estimate of drug-likeness (QED) is 0.276. The molecule has 0 amide bonds. The van der Waals surface area contributed by atoms with Gasteiger partial charge in [-0.05, 0) is 49.4 Å². The molecule has 4 N–H and O–H groups in total. The molecule has 1 aliphatic carbocycles. The molecular weight excluding hydrogens is 436 g/mol. The molecule has 0 spiro atoms. The molecule has 0 unspecified atom stereocenters. The Morgan fingerprint density at radius 1 is 0.286 bits per heavy atom. The second-order valence-electron chi connectivity index (χ2n) is 11.7. The Bertz CT molecular complexity index is 401. The van der Waals surface area contributed by atoms with E-state index in [1.807, 2.05) is 0 Å². The fraction of sp³-hybridized carbons (Fsp3) is 1.00. The summed E-state index contributed by atoms with van der Waals surface area (Å²) < 4.78 is 0. The van der Waals surface area contributed by atoms with Gasteiger partial charge in [0.15, 0.2) is 0 Å². The summed E-state index contributed by atoms with van der Waals surface area (Å²) in [6.45, 7) is 0.439. The van der Waals surface area contributed by atoms with Crippen molar-refractivity contribution in [2.24, 2.45) is 10.8 Å². The molecule has 0 radical (unpaired) electrons. The molecule has 35 heavy (non-hydrogen) atoms. The maximum atomic E-state index is 10.1. The van der Waals surface area contributed by atoms with Gasteiger partial charge in [-0.3, -0.25) is 0 Å². The van der Waals surface area contributed by atoms with Crippen LogP contribution in [0.2, 0.25) is 0 Å². The van der Waals surface area contributed by atoms with Crippen LogP contribution in [0.25, 0.3) is 0 Å². The van der Waals surface area contributed by atoms with Crippen LogP contribution in [0.3, 0.4) is 0 Å². The van der Waals surface area contributed by atoms with E-state index in [-0.39, 0.29) is 37.3 Å². The molecule has 1 fully saturated rings. The summed E-state index contributed by atoms with van der Waals surface area (Å²) >= 11 is 0. The summed E-state index contributed by atoms with van der Waals surface area (Å²) in [5.41, 5.74) is -0.422. The maximum absolute atomic E-state index is 10.1. The lowest BCUT2D eigenvalue weighted by Crippen LogP contribution is -2.45. The molecule has 0 aromatic heterocycles. The first-order chi connectivity index (χ1) is 17.2. The Morgan fingerprint density at radius 2 is 0.457 bits per heavy atom. The van der Waals surface area contributed by atoms with Gasteiger partial charge in [0.05, 0.1) is 0 Å². The number of aliphatic hydroxyl groups excluding tert-OH is 4. The van der Waals surface area contributed by atoms with Gasteiger partial charge in [-0.15, -0.1) is 0 Å². The zero-order valence-corrected chi connectivity index (χ0v) is 23.3. The second-order valence-corrected chi connectivity index (χ2v) is 11.7. The summed E-state index contributed by atoms with van der Waals surface area (Å²) in [5, 5.41) is 40.3. The minimum atomic E-state index is -0.211. The summed E-state index contributed by atoms with van der Waals surface area (Å²) in [7, 11) is 0. The highest BCUT2D eigenvalue weighted by atomic mass is 16.3. The van der Waals surface area contributed by atoms with Gasteiger partial charge in [0.25, 0.3) is 0 Å². The minimum absolute atomic E-state index is 0.110. The van der Waals surface area contributed by atoms with Gasteiger partial charge in [-0.1, -0.05) is 122 Å². The molecule has 0 saturated heterocycles. The molecule has 4 nitrogen and oxygen atoms in total. The van der Waals surface area contributed by atoms with E-state index in [0.717, 1.165) is 25.7 Å². The van der Waals surface area contributed by atoms with Crippen molar-refractivity contribution >= 4 is 0 Å². The van der Waals surface area contributed by atoms with Crippen LogP contribution in [0.5, 0.6) is 0 Å². The van der Waals surface area contributed by atoms with Crippen molar-refractivity contribution in [1.29, 1.82) is 0 Å². The molecule has 0 aromatic carbocycles. The summed E-state index contributed by atoms with van der Waals surface area (Å²) in [6.07, 6.45) is 29.7. The van der Waals surface area contributed by atoms with E-state index in [1.54, 1.807) is 0 Å². The van der Waals surface area contributed by atoms with E-state index in [2.05, 4.69) is 0 Å². The first-order valence-electron chi connectivity index (χ1n) is 15.6. The number of hydrogen-bond donors (Lipinski definition) is 4. The average molecular weight is 499 g/mol. The predicted molar refractivity (Wildman–Crippen MR) is 149 cm³/mol. The lowest BCUT2D eigenvalue weighted by molar-refractivity contribution is -0.0601. The van der Waals surface area contributed by atoms with Crippen molar-refractivity contribution in [2.45, 2.75) is 161 Å². The van der Waals surface area contributed by atoms with Gasteiger partial charge in [0, 0.05) is 26.4 Å². The van der Waals surface area contributed by atoms with Crippen LogP contribution in [-0.4, -0.2) is 46.9 Å². The van der Waals surface area contributed by atoms with Gasteiger partial charge < -0.3 is 20.4 Å². The molecule has 0 atom stereocenters. The average Bonchev–Trinajstić information content (AvgIpc) is 2.84. The van der Waals surface area contributed by atoms with E-state index in [4.69, 9.17) is 0 Å². The summed E-state index contributed by atoms with van der Waals surface area (Å²) in [4.78, 5) is 0. The molecule has 210 valence electrons. The Kier molecular flexibility index (Phi) is 20.5. The van der Waals surface area contributed by atoms with Crippen LogP contribution in [0, 0.1) is 10.8 Å². The Labute approximate surface area is 218 Å². The number of hydrogen-bond acceptors (Lipinski definition) is 4. The van der Waals surface area contributed by atoms with Crippen molar-refractivity contribution in [2.75, 3.05) is 26.4 Å². The Morgan fingerprint density at radius 3 is 0.629 bits per heavy atom. The first-order valence-corrected chi connectivity index (χ1v) is 15.6. The summed E-state index contributed by atoms with van der Waals surface area (Å²) in [5.74, 6) is 0.